The number of rotatable bonds is 14. The normalized spacial score (nSPS) is 13.1. The van der Waals surface area contributed by atoms with Gasteiger partial charge in [-0.1, -0.05) is 86.5 Å². The molecule has 6 nitrogen and oxygen atoms in total. The Bertz CT molecular complexity index is 1210. The third-order valence-electron chi connectivity index (χ3n) is 6.29. The number of aryl methyl sites for hydroxylation is 1. The quantitative estimate of drug-likeness (QED) is 0.266. The molecule has 3 rings (SSSR count). The monoisotopic (exact) mass is 523 g/mol. The zero-order valence-electron chi connectivity index (χ0n) is 21.6. The van der Waals surface area contributed by atoms with Gasteiger partial charge in [0.05, 0.1) is 19.0 Å². The lowest BCUT2D eigenvalue weighted by Gasteiger charge is -2.20. The Labute approximate surface area is 220 Å². The molecular weight excluding hydrogens is 486 g/mol. The van der Waals surface area contributed by atoms with Crippen molar-refractivity contribution in [3.05, 3.63) is 90.0 Å². The van der Waals surface area contributed by atoms with E-state index in [-0.39, 0.29) is 6.42 Å². The molecule has 0 heterocycles. The number of benzene rings is 3. The fourth-order valence-corrected chi connectivity index (χ4v) is 4.73. The molecule has 0 saturated heterocycles. The van der Waals surface area contributed by atoms with E-state index in [0.29, 0.717) is 25.0 Å². The minimum Gasteiger partial charge on any atom is -0.494 e. The van der Waals surface area contributed by atoms with Crippen molar-refractivity contribution in [1.29, 1.82) is 0 Å². The van der Waals surface area contributed by atoms with Crippen molar-refractivity contribution in [3.8, 4) is 16.9 Å². The number of nitrogens with one attached hydrogen (secondary N) is 1. The van der Waals surface area contributed by atoms with Gasteiger partial charge in [0.15, 0.2) is 0 Å². The standard InChI is InChI=1S/C30H37NO5S/c1-3-4-8-21-36-28-19-17-25(18-20-28)24-13-15-26(16-14-24)29(32)22-27(30(33)31-37(2,34)35)12-11-23-9-6-5-7-10-23/h5-7,9-10,13-20,27,29,32H,3-4,8,11-12,21-22H2,1-2H3,(H,31,33). The summed E-state index contributed by atoms with van der Waals surface area (Å²) >= 11 is 0. The highest BCUT2D eigenvalue weighted by Crippen LogP contribution is 2.28. The number of ether oxygens (including phenoxy) is 1. The lowest BCUT2D eigenvalue weighted by atomic mass is 9.90. The van der Waals surface area contributed by atoms with Crippen LogP contribution >= 0.6 is 0 Å². The molecule has 198 valence electrons. The number of amides is 1. The van der Waals surface area contributed by atoms with Gasteiger partial charge in [0.25, 0.3) is 0 Å². The van der Waals surface area contributed by atoms with Crippen LogP contribution in [0, 0.1) is 5.92 Å². The Morgan fingerprint density at radius 1 is 0.919 bits per heavy atom. The first-order valence-corrected chi connectivity index (χ1v) is 14.7. The topological polar surface area (TPSA) is 92.7 Å². The molecule has 0 fully saturated rings. The Balaban J connectivity index is 1.64. The van der Waals surface area contributed by atoms with E-state index in [1.807, 2.05) is 78.9 Å². The van der Waals surface area contributed by atoms with Crippen LogP contribution in [0.1, 0.15) is 56.3 Å². The van der Waals surface area contributed by atoms with Gasteiger partial charge in [0.1, 0.15) is 5.75 Å². The molecule has 37 heavy (non-hydrogen) atoms. The number of sulfonamides is 1. The molecule has 3 aromatic carbocycles. The number of carbonyl (C=O) groups is 1. The summed E-state index contributed by atoms with van der Waals surface area (Å²) in [5, 5.41) is 10.9. The fourth-order valence-electron chi connectivity index (χ4n) is 4.20. The van der Waals surface area contributed by atoms with Gasteiger partial charge in [-0.25, -0.2) is 8.42 Å². The number of hydrogen-bond acceptors (Lipinski definition) is 5. The second-order valence-electron chi connectivity index (χ2n) is 9.41. The van der Waals surface area contributed by atoms with Gasteiger partial charge in [-0.2, -0.15) is 0 Å². The molecule has 1 amide bonds. The molecular formula is C30H37NO5S. The molecule has 0 spiro atoms. The summed E-state index contributed by atoms with van der Waals surface area (Å²) in [4.78, 5) is 12.7. The van der Waals surface area contributed by atoms with E-state index in [0.717, 1.165) is 48.0 Å². The molecule has 2 unspecified atom stereocenters. The maximum absolute atomic E-state index is 12.7. The second kappa shape index (κ2) is 14.0. The fraction of sp³-hybridized carbons (Fsp3) is 0.367. The third kappa shape index (κ3) is 9.67. The van der Waals surface area contributed by atoms with E-state index in [1.54, 1.807) is 0 Å². The van der Waals surface area contributed by atoms with Crippen molar-refractivity contribution >= 4 is 15.9 Å². The summed E-state index contributed by atoms with van der Waals surface area (Å²) in [6.07, 6.45) is 4.57. The Morgan fingerprint density at radius 3 is 2.14 bits per heavy atom. The van der Waals surface area contributed by atoms with E-state index in [9.17, 15) is 18.3 Å². The molecule has 0 aromatic heterocycles. The van der Waals surface area contributed by atoms with Gasteiger partial charge in [-0.3, -0.25) is 9.52 Å². The van der Waals surface area contributed by atoms with Crippen LogP contribution in [0.5, 0.6) is 5.75 Å². The van der Waals surface area contributed by atoms with Gasteiger partial charge in [-0.15, -0.1) is 0 Å². The van der Waals surface area contributed by atoms with E-state index in [2.05, 4.69) is 11.6 Å². The van der Waals surface area contributed by atoms with Crippen molar-refractivity contribution < 1.29 is 23.1 Å². The summed E-state index contributed by atoms with van der Waals surface area (Å²) in [5.41, 5.74) is 3.77. The summed E-state index contributed by atoms with van der Waals surface area (Å²) < 4.78 is 31.1. The third-order valence-corrected chi connectivity index (χ3v) is 6.86. The van der Waals surface area contributed by atoms with Gasteiger partial charge < -0.3 is 9.84 Å². The first kappa shape index (κ1) is 28.4. The van der Waals surface area contributed by atoms with Gasteiger partial charge in [0, 0.05) is 5.92 Å². The minimum absolute atomic E-state index is 0.123. The zero-order valence-corrected chi connectivity index (χ0v) is 22.4. The van der Waals surface area contributed by atoms with E-state index in [4.69, 9.17) is 4.74 Å². The number of aliphatic hydroxyl groups is 1. The van der Waals surface area contributed by atoms with Crippen LogP contribution in [0.4, 0.5) is 0 Å². The highest BCUT2D eigenvalue weighted by molar-refractivity contribution is 7.89. The van der Waals surface area contributed by atoms with Gasteiger partial charge >= 0.3 is 0 Å². The summed E-state index contributed by atoms with van der Waals surface area (Å²) in [6, 6.07) is 25.2. The predicted octanol–water partition coefficient (Wildman–Crippen LogP) is 5.67. The smallest absolute Gasteiger partial charge is 0.236 e. The molecule has 0 saturated carbocycles. The molecule has 7 heteroatoms. The lowest BCUT2D eigenvalue weighted by molar-refractivity contribution is -0.124. The van der Waals surface area contributed by atoms with Crippen LogP contribution in [0.3, 0.4) is 0 Å². The lowest BCUT2D eigenvalue weighted by Crippen LogP contribution is -2.36. The van der Waals surface area contributed by atoms with E-state index in [1.165, 1.54) is 0 Å². The molecule has 2 N–H and O–H groups in total. The SMILES string of the molecule is CCCCCOc1ccc(-c2ccc(C(O)CC(CCc3ccccc3)C(=O)NS(C)(=O)=O)cc2)cc1. The van der Waals surface area contributed by atoms with Crippen LogP contribution in [0.25, 0.3) is 11.1 Å². The van der Waals surface area contributed by atoms with Crippen molar-refractivity contribution in [1.82, 2.24) is 4.72 Å². The molecule has 0 aliphatic rings. The van der Waals surface area contributed by atoms with Crippen LogP contribution < -0.4 is 9.46 Å². The number of hydrogen-bond donors (Lipinski definition) is 2. The molecule has 3 aromatic rings. The van der Waals surface area contributed by atoms with E-state index < -0.39 is 28.0 Å². The number of aliphatic hydroxyl groups excluding tert-OH is 1. The molecule has 0 bridgehead atoms. The van der Waals surface area contributed by atoms with E-state index >= 15 is 0 Å². The van der Waals surface area contributed by atoms with Crippen molar-refractivity contribution in [2.45, 2.75) is 51.6 Å². The maximum atomic E-state index is 12.7. The Hall–Kier alpha value is -3.16. The molecule has 0 radical (unpaired) electrons. The van der Waals surface area contributed by atoms with Crippen LogP contribution in [0.15, 0.2) is 78.9 Å². The average Bonchev–Trinajstić information content (AvgIpc) is 2.89. The first-order valence-electron chi connectivity index (χ1n) is 12.8. The largest absolute Gasteiger partial charge is 0.494 e. The minimum atomic E-state index is -3.69. The Morgan fingerprint density at radius 2 is 1.54 bits per heavy atom. The number of unbranched alkanes of at least 4 members (excludes halogenated alkanes) is 2. The van der Waals surface area contributed by atoms with Crippen LogP contribution in [0.2, 0.25) is 0 Å². The molecule has 0 aliphatic heterocycles. The van der Waals surface area contributed by atoms with Crippen LogP contribution in [-0.4, -0.2) is 32.3 Å². The second-order valence-corrected chi connectivity index (χ2v) is 11.2. The number of carbonyl (C=O) groups excluding carboxylic acids is 1. The molecule has 0 aliphatic carbocycles. The Kier molecular flexibility index (Phi) is 10.7. The predicted molar refractivity (Wildman–Crippen MR) is 148 cm³/mol. The zero-order chi connectivity index (χ0) is 26.7. The summed E-state index contributed by atoms with van der Waals surface area (Å²) in [6.45, 7) is 2.88. The van der Waals surface area contributed by atoms with Crippen molar-refractivity contribution in [3.63, 3.8) is 0 Å². The van der Waals surface area contributed by atoms with Gasteiger partial charge in [-0.05, 0) is 60.1 Å². The first-order chi connectivity index (χ1) is 17.7. The van der Waals surface area contributed by atoms with Crippen molar-refractivity contribution in [2.24, 2.45) is 5.92 Å². The summed E-state index contributed by atoms with van der Waals surface area (Å²) in [5.74, 6) is -0.401. The van der Waals surface area contributed by atoms with Crippen LogP contribution in [-0.2, 0) is 21.2 Å². The highest BCUT2D eigenvalue weighted by Gasteiger charge is 2.25. The highest BCUT2D eigenvalue weighted by atomic mass is 32.2. The summed E-state index contributed by atoms with van der Waals surface area (Å²) in [7, 11) is -3.69. The van der Waals surface area contributed by atoms with Crippen molar-refractivity contribution in [2.75, 3.05) is 12.9 Å². The maximum Gasteiger partial charge on any atom is 0.236 e. The molecule has 2 atom stereocenters. The average molecular weight is 524 g/mol. The van der Waals surface area contributed by atoms with Gasteiger partial charge in [0.2, 0.25) is 15.9 Å².